The quantitative estimate of drug-likeness (QED) is 0.493. The molecule has 0 saturated carbocycles. The van der Waals surface area contributed by atoms with Crippen LogP contribution in [0.1, 0.15) is 13.3 Å². The highest BCUT2D eigenvalue weighted by Gasteiger charge is 2.07. The van der Waals surface area contributed by atoms with Crippen molar-refractivity contribution < 1.29 is 4.74 Å². The monoisotopic (exact) mass is 204 g/mol. The number of methoxy groups -OCH3 is 1. The van der Waals surface area contributed by atoms with Crippen LogP contribution in [0.2, 0.25) is 0 Å². The van der Waals surface area contributed by atoms with Gasteiger partial charge < -0.3 is 15.4 Å². The van der Waals surface area contributed by atoms with Gasteiger partial charge >= 0.3 is 0 Å². The molecule has 0 spiro atoms. The van der Waals surface area contributed by atoms with Gasteiger partial charge in [0.05, 0.1) is 4.99 Å². The van der Waals surface area contributed by atoms with Gasteiger partial charge in [-0.3, -0.25) is 0 Å². The largest absolute Gasteiger partial charge is 0.393 e. The first kappa shape index (κ1) is 12.8. The first-order chi connectivity index (χ1) is 6.07. The Balaban J connectivity index is 3.49. The molecule has 1 atom stereocenters. The molecule has 0 amide bonds. The lowest BCUT2D eigenvalue weighted by Gasteiger charge is -2.20. The number of ether oxygens (including phenoxy) is 1. The Hall–Kier alpha value is -0.190. The van der Waals surface area contributed by atoms with Crippen LogP contribution in [0.25, 0.3) is 0 Å². The second-order valence-corrected chi connectivity index (χ2v) is 3.88. The fraction of sp³-hybridized carbons (Fsp3) is 0.889. The third-order valence-corrected chi connectivity index (χ3v) is 2.36. The van der Waals surface area contributed by atoms with E-state index in [1.54, 1.807) is 7.11 Å². The molecule has 0 aromatic rings. The van der Waals surface area contributed by atoms with Gasteiger partial charge in [-0.2, -0.15) is 0 Å². The minimum atomic E-state index is 0.294. The van der Waals surface area contributed by atoms with Crippen LogP contribution in [0.3, 0.4) is 0 Å². The number of nitrogens with zero attached hydrogens (tertiary/aromatic N) is 1. The Morgan fingerprint density at radius 3 is 2.69 bits per heavy atom. The van der Waals surface area contributed by atoms with Crippen molar-refractivity contribution in [1.29, 1.82) is 0 Å². The zero-order valence-electron chi connectivity index (χ0n) is 8.75. The van der Waals surface area contributed by atoms with E-state index in [9.17, 15) is 0 Å². The fourth-order valence-corrected chi connectivity index (χ4v) is 1.20. The van der Waals surface area contributed by atoms with Crippen LogP contribution in [0.15, 0.2) is 0 Å². The highest BCUT2D eigenvalue weighted by molar-refractivity contribution is 7.80. The maximum atomic E-state index is 5.52. The smallest absolute Gasteiger partial charge is 0.0768 e. The normalized spacial score (nSPS) is 13.2. The van der Waals surface area contributed by atoms with E-state index < -0.39 is 0 Å². The predicted molar refractivity (Wildman–Crippen MR) is 59.9 cm³/mol. The van der Waals surface area contributed by atoms with E-state index in [4.69, 9.17) is 22.7 Å². The SMILES string of the molecule is COCCCN(C)CC(C)C(N)=S. The molecule has 0 radical (unpaired) electrons. The molecule has 0 aromatic carbocycles. The van der Waals surface area contributed by atoms with Crippen molar-refractivity contribution in [2.75, 3.05) is 33.9 Å². The summed E-state index contributed by atoms with van der Waals surface area (Å²) < 4.78 is 4.97. The second kappa shape index (κ2) is 7.24. The van der Waals surface area contributed by atoms with E-state index in [-0.39, 0.29) is 0 Å². The summed E-state index contributed by atoms with van der Waals surface area (Å²) in [7, 11) is 3.79. The summed E-state index contributed by atoms with van der Waals surface area (Å²) >= 11 is 4.90. The molecule has 0 rings (SSSR count). The zero-order chi connectivity index (χ0) is 10.3. The van der Waals surface area contributed by atoms with Crippen molar-refractivity contribution in [2.24, 2.45) is 11.7 Å². The number of thiocarbonyl (C=S) groups is 1. The van der Waals surface area contributed by atoms with Crippen LogP contribution in [-0.2, 0) is 4.74 Å². The van der Waals surface area contributed by atoms with Crippen molar-refractivity contribution in [1.82, 2.24) is 4.90 Å². The summed E-state index contributed by atoms with van der Waals surface area (Å²) in [6, 6.07) is 0. The molecule has 78 valence electrons. The molecule has 0 saturated heterocycles. The van der Waals surface area contributed by atoms with Crippen molar-refractivity contribution in [3.8, 4) is 0 Å². The number of rotatable bonds is 7. The topological polar surface area (TPSA) is 38.5 Å². The van der Waals surface area contributed by atoms with Gasteiger partial charge in [-0.05, 0) is 13.5 Å². The zero-order valence-corrected chi connectivity index (χ0v) is 9.56. The summed E-state index contributed by atoms with van der Waals surface area (Å²) in [5.41, 5.74) is 5.52. The second-order valence-electron chi connectivity index (χ2n) is 3.41. The number of nitrogens with two attached hydrogens (primary N) is 1. The van der Waals surface area contributed by atoms with Crippen LogP contribution in [0, 0.1) is 5.92 Å². The van der Waals surface area contributed by atoms with Gasteiger partial charge in [-0.25, -0.2) is 0 Å². The molecule has 1 unspecified atom stereocenters. The van der Waals surface area contributed by atoms with E-state index in [1.807, 2.05) is 0 Å². The standard InChI is InChI=1S/C9H20N2OS/c1-8(9(10)13)7-11(2)5-4-6-12-3/h8H,4-7H2,1-3H3,(H2,10,13). The lowest BCUT2D eigenvalue weighted by Crippen LogP contribution is -2.32. The number of hydrogen-bond donors (Lipinski definition) is 1. The molecule has 13 heavy (non-hydrogen) atoms. The van der Waals surface area contributed by atoms with Crippen molar-refractivity contribution in [3.05, 3.63) is 0 Å². The van der Waals surface area contributed by atoms with E-state index >= 15 is 0 Å². The van der Waals surface area contributed by atoms with Crippen LogP contribution in [0.5, 0.6) is 0 Å². The minimum absolute atomic E-state index is 0.294. The molecule has 3 nitrogen and oxygen atoms in total. The molecule has 0 aliphatic heterocycles. The average molecular weight is 204 g/mol. The molecule has 0 aliphatic carbocycles. The molecule has 0 aromatic heterocycles. The van der Waals surface area contributed by atoms with Crippen LogP contribution in [0.4, 0.5) is 0 Å². The van der Waals surface area contributed by atoms with Crippen molar-refractivity contribution in [3.63, 3.8) is 0 Å². The van der Waals surface area contributed by atoms with Crippen LogP contribution >= 0.6 is 12.2 Å². The summed E-state index contributed by atoms with van der Waals surface area (Å²) in [5.74, 6) is 0.294. The van der Waals surface area contributed by atoms with Crippen molar-refractivity contribution >= 4 is 17.2 Å². The third kappa shape index (κ3) is 6.93. The van der Waals surface area contributed by atoms with E-state index in [1.165, 1.54) is 0 Å². The Kier molecular flexibility index (Phi) is 7.13. The maximum absolute atomic E-state index is 5.52. The summed E-state index contributed by atoms with van der Waals surface area (Å²) in [5, 5.41) is 0. The molecule has 0 heterocycles. The first-order valence-electron chi connectivity index (χ1n) is 4.54. The molecule has 4 heteroatoms. The molecular weight excluding hydrogens is 184 g/mol. The maximum Gasteiger partial charge on any atom is 0.0768 e. The third-order valence-electron chi connectivity index (χ3n) is 1.96. The van der Waals surface area contributed by atoms with Crippen LogP contribution in [-0.4, -0.2) is 43.7 Å². The molecule has 2 N–H and O–H groups in total. The molecular formula is C9H20N2OS. The lowest BCUT2D eigenvalue weighted by molar-refractivity contribution is 0.178. The first-order valence-corrected chi connectivity index (χ1v) is 4.95. The molecule has 0 fully saturated rings. The van der Waals surface area contributed by atoms with Gasteiger partial charge in [0.15, 0.2) is 0 Å². The Morgan fingerprint density at radius 2 is 2.23 bits per heavy atom. The summed E-state index contributed by atoms with van der Waals surface area (Å²) in [6.45, 7) is 4.82. The fourth-order valence-electron chi connectivity index (χ4n) is 1.13. The van der Waals surface area contributed by atoms with Crippen molar-refractivity contribution in [2.45, 2.75) is 13.3 Å². The average Bonchev–Trinajstić information content (AvgIpc) is 2.04. The highest BCUT2D eigenvalue weighted by atomic mass is 32.1. The molecule has 0 bridgehead atoms. The van der Waals surface area contributed by atoms with E-state index in [0.717, 1.165) is 26.1 Å². The predicted octanol–water partition coefficient (Wildman–Crippen LogP) is 0.877. The number of hydrogen-bond acceptors (Lipinski definition) is 3. The van der Waals surface area contributed by atoms with Gasteiger partial charge in [0.25, 0.3) is 0 Å². The van der Waals surface area contributed by atoms with Gasteiger partial charge in [0.2, 0.25) is 0 Å². The Bertz CT molecular complexity index is 153. The lowest BCUT2D eigenvalue weighted by atomic mass is 10.1. The Labute approximate surface area is 86.2 Å². The van der Waals surface area contributed by atoms with Gasteiger partial charge in [0, 0.05) is 32.7 Å². The van der Waals surface area contributed by atoms with Crippen LogP contribution < -0.4 is 5.73 Å². The van der Waals surface area contributed by atoms with Gasteiger partial charge in [0.1, 0.15) is 0 Å². The van der Waals surface area contributed by atoms with Gasteiger partial charge in [-0.1, -0.05) is 19.1 Å². The summed E-state index contributed by atoms with van der Waals surface area (Å²) in [6.07, 6.45) is 1.05. The minimum Gasteiger partial charge on any atom is -0.393 e. The Morgan fingerprint density at radius 1 is 1.62 bits per heavy atom. The summed E-state index contributed by atoms with van der Waals surface area (Å²) in [4.78, 5) is 2.82. The van der Waals surface area contributed by atoms with Gasteiger partial charge in [-0.15, -0.1) is 0 Å². The van der Waals surface area contributed by atoms with E-state index in [2.05, 4.69) is 18.9 Å². The molecule has 0 aliphatic rings. The van der Waals surface area contributed by atoms with E-state index in [0.29, 0.717) is 10.9 Å². The highest BCUT2D eigenvalue weighted by Crippen LogP contribution is 1.99.